The SMILES string of the molecule is CC1C(=O)NCC(=O)N1CC1(C)CCCO1. The average molecular weight is 226 g/mol. The van der Waals surface area contributed by atoms with Crippen molar-refractivity contribution in [1.29, 1.82) is 0 Å². The second kappa shape index (κ2) is 4.05. The molecule has 2 aliphatic rings. The van der Waals surface area contributed by atoms with Crippen molar-refractivity contribution >= 4 is 11.8 Å². The summed E-state index contributed by atoms with van der Waals surface area (Å²) in [5, 5.41) is 2.58. The summed E-state index contributed by atoms with van der Waals surface area (Å²) in [5.74, 6) is -0.106. The smallest absolute Gasteiger partial charge is 0.242 e. The number of rotatable bonds is 2. The molecule has 0 spiro atoms. The molecule has 0 aromatic carbocycles. The lowest BCUT2D eigenvalue weighted by Gasteiger charge is -2.37. The number of ether oxygens (including phenoxy) is 1. The first kappa shape index (κ1) is 11.4. The molecular formula is C11H18N2O3. The highest BCUT2D eigenvalue weighted by molar-refractivity contribution is 5.94. The number of nitrogens with zero attached hydrogens (tertiary/aromatic N) is 1. The molecule has 2 atom stereocenters. The van der Waals surface area contributed by atoms with E-state index in [1.807, 2.05) is 6.92 Å². The van der Waals surface area contributed by atoms with Gasteiger partial charge >= 0.3 is 0 Å². The van der Waals surface area contributed by atoms with Crippen LogP contribution in [-0.4, -0.2) is 48.1 Å². The van der Waals surface area contributed by atoms with Crippen LogP contribution in [0, 0.1) is 0 Å². The van der Waals surface area contributed by atoms with Gasteiger partial charge in [0.2, 0.25) is 11.8 Å². The van der Waals surface area contributed by atoms with Crippen LogP contribution in [0.2, 0.25) is 0 Å². The van der Waals surface area contributed by atoms with Gasteiger partial charge in [0.15, 0.2) is 0 Å². The lowest BCUT2D eigenvalue weighted by Crippen LogP contribution is -2.60. The highest BCUT2D eigenvalue weighted by Gasteiger charge is 2.38. The first-order valence-corrected chi connectivity index (χ1v) is 5.73. The van der Waals surface area contributed by atoms with Crippen LogP contribution in [0.25, 0.3) is 0 Å². The third kappa shape index (κ3) is 2.04. The Balaban J connectivity index is 2.06. The Morgan fingerprint density at radius 1 is 1.56 bits per heavy atom. The predicted octanol–water partition coefficient (Wildman–Crippen LogP) is -0.0976. The molecule has 2 amide bonds. The van der Waals surface area contributed by atoms with Crippen molar-refractivity contribution in [2.75, 3.05) is 19.7 Å². The molecule has 2 fully saturated rings. The summed E-state index contributed by atoms with van der Waals surface area (Å²) in [6.45, 7) is 5.13. The third-order valence-electron chi connectivity index (χ3n) is 3.39. The fourth-order valence-corrected chi connectivity index (χ4v) is 2.32. The van der Waals surface area contributed by atoms with Gasteiger partial charge in [0.1, 0.15) is 6.04 Å². The lowest BCUT2D eigenvalue weighted by molar-refractivity contribution is -0.148. The van der Waals surface area contributed by atoms with E-state index < -0.39 is 0 Å². The normalized spacial score (nSPS) is 35.4. The molecule has 2 aliphatic heterocycles. The van der Waals surface area contributed by atoms with Gasteiger partial charge in [0.05, 0.1) is 18.7 Å². The number of hydrogen-bond acceptors (Lipinski definition) is 3. The summed E-state index contributed by atoms with van der Waals surface area (Å²) in [5.41, 5.74) is -0.276. The molecule has 2 rings (SSSR count). The van der Waals surface area contributed by atoms with E-state index in [-0.39, 0.29) is 30.0 Å². The minimum Gasteiger partial charge on any atom is -0.373 e. The highest BCUT2D eigenvalue weighted by Crippen LogP contribution is 2.27. The molecule has 5 nitrogen and oxygen atoms in total. The Morgan fingerprint density at radius 3 is 2.94 bits per heavy atom. The molecule has 0 bridgehead atoms. The van der Waals surface area contributed by atoms with Crippen molar-refractivity contribution in [3.05, 3.63) is 0 Å². The van der Waals surface area contributed by atoms with Crippen LogP contribution in [0.4, 0.5) is 0 Å². The Morgan fingerprint density at radius 2 is 2.31 bits per heavy atom. The van der Waals surface area contributed by atoms with Crippen molar-refractivity contribution in [3.63, 3.8) is 0 Å². The fourth-order valence-electron chi connectivity index (χ4n) is 2.32. The average Bonchev–Trinajstić information content (AvgIpc) is 2.66. The number of hydrogen-bond donors (Lipinski definition) is 1. The predicted molar refractivity (Wildman–Crippen MR) is 57.8 cm³/mol. The molecule has 2 heterocycles. The summed E-state index contributed by atoms with van der Waals surface area (Å²) in [6.07, 6.45) is 1.98. The first-order chi connectivity index (χ1) is 7.52. The van der Waals surface area contributed by atoms with Crippen LogP contribution in [0.5, 0.6) is 0 Å². The van der Waals surface area contributed by atoms with Gasteiger partial charge < -0.3 is 15.0 Å². The van der Waals surface area contributed by atoms with Crippen LogP contribution < -0.4 is 5.32 Å². The molecular weight excluding hydrogens is 208 g/mol. The molecule has 90 valence electrons. The topological polar surface area (TPSA) is 58.6 Å². The van der Waals surface area contributed by atoms with Crippen LogP contribution in [0.1, 0.15) is 26.7 Å². The zero-order valence-corrected chi connectivity index (χ0v) is 9.78. The fraction of sp³-hybridized carbons (Fsp3) is 0.818. The van der Waals surface area contributed by atoms with Gasteiger partial charge in [-0.3, -0.25) is 9.59 Å². The van der Waals surface area contributed by atoms with E-state index in [0.29, 0.717) is 6.54 Å². The van der Waals surface area contributed by atoms with Crippen molar-refractivity contribution in [1.82, 2.24) is 10.2 Å². The van der Waals surface area contributed by atoms with Crippen molar-refractivity contribution in [2.45, 2.75) is 38.3 Å². The van der Waals surface area contributed by atoms with Crippen molar-refractivity contribution < 1.29 is 14.3 Å². The maximum atomic E-state index is 11.7. The molecule has 0 saturated carbocycles. The van der Waals surface area contributed by atoms with Gasteiger partial charge in [-0.25, -0.2) is 0 Å². The van der Waals surface area contributed by atoms with E-state index in [1.54, 1.807) is 11.8 Å². The van der Waals surface area contributed by atoms with Gasteiger partial charge in [0.25, 0.3) is 0 Å². The zero-order valence-electron chi connectivity index (χ0n) is 9.78. The van der Waals surface area contributed by atoms with E-state index in [1.165, 1.54) is 0 Å². The molecule has 16 heavy (non-hydrogen) atoms. The molecule has 0 aromatic rings. The van der Waals surface area contributed by atoms with Crippen molar-refractivity contribution in [3.8, 4) is 0 Å². The molecule has 2 saturated heterocycles. The Hall–Kier alpha value is -1.10. The van der Waals surface area contributed by atoms with Crippen LogP contribution in [-0.2, 0) is 14.3 Å². The zero-order chi connectivity index (χ0) is 11.8. The van der Waals surface area contributed by atoms with Gasteiger partial charge in [-0.2, -0.15) is 0 Å². The van der Waals surface area contributed by atoms with Gasteiger partial charge in [-0.15, -0.1) is 0 Å². The van der Waals surface area contributed by atoms with Crippen LogP contribution >= 0.6 is 0 Å². The standard InChI is InChI=1S/C11H18N2O3/c1-8-10(15)12-6-9(14)13(8)7-11(2)4-3-5-16-11/h8H,3-7H2,1-2H3,(H,12,15). The molecule has 0 aromatic heterocycles. The minimum atomic E-state index is -0.387. The molecule has 1 N–H and O–H groups in total. The molecule has 0 radical (unpaired) electrons. The van der Waals surface area contributed by atoms with E-state index >= 15 is 0 Å². The minimum absolute atomic E-state index is 0.0242. The van der Waals surface area contributed by atoms with E-state index in [0.717, 1.165) is 19.4 Å². The number of nitrogens with one attached hydrogen (secondary N) is 1. The number of carbonyl (C=O) groups is 2. The van der Waals surface area contributed by atoms with Crippen molar-refractivity contribution in [2.24, 2.45) is 0 Å². The third-order valence-corrected chi connectivity index (χ3v) is 3.39. The number of piperazine rings is 1. The quantitative estimate of drug-likeness (QED) is 0.715. The number of carbonyl (C=O) groups excluding carboxylic acids is 2. The summed E-state index contributed by atoms with van der Waals surface area (Å²) in [7, 11) is 0. The molecule has 0 aliphatic carbocycles. The van der Waals surface area contributed by atoms with Gasteiger partial charge in [0, 0.05) is 6.61 Å². The van der Waals surface area contributed by atoms with Crippen LogP contribution in [0.3, 0.4) is 0 Å². The lowest BCUT2D eigenvalue weighted by atomic mass is 10.0. The summed E-state index contributed by atoms with van der Waals surface area (Å²) in [6, 6.07) is -0.387. The summed E-state index contributed by atoms with van der Waals surface area (Å²) in [4.78, 5) is 24.8. The Labute approximate surface area is 95.1 Å². The molecule has 2 unspecified atom stereocenters. The second-order valence-corrected chi connectivity index (χ2v) is 4.82. The van der Waals surface area contributed by atoms with Gasteiger partial charge in [-0.1, -0.05) is 0 Å². The monoisotopic (exact) mass is 226 g/mol. The first-order valence-electron chi connectivity index (χ1n) is 5.73. The Kier molecular flexibility index (Phi) is 2.88. The van der Waals surface area contributed by atoms with E-state index in [4.69, 9.17) is 4.74 Å². The molecule has 5 heteroatoms. The largest absolute Gasteiger partial charge is 0.373 e. The van der Waals surface area contributed by atoms with Crippen LogP contribution in [0.15, 0.2) is 0 Å². The van der Waals surface area contributed by atoms with E-state index in [9.17, 15) is 9.59 Å². The maximum Gasteiger partial charge on any atom is 0.242 e. The Bertz CT molecular complexity index is 310. The highest BCUT2D eigenvalue weighted by atomic mass is 16.5. The van der Waals surface area contributed by atoms with Gasteiger partial charge in [-0.05, 0) is 26.7 Å². The summed E-state index contributed by atoms with van der Waals surface area (Å²) >= 11 is 0. The second-order valence-electron chi connectivity index (χ2n) is 4.82. The summed E-state index contributed by atoms with van der Waals surface area (Å²) < 4.78 is 5.65. The van der Waals surface area contributed by atoms with E-state index in [2.05, 4.69) is 5.32 Å². The maximum absolute atomic E-state index is 11.7. The number of amides is 2.